The average Bonchev–Trinajstić information content (AvgIpc) is 3.20. The number of rotatable bonds is 3. The first-order chi connectivity index (χ1) is 10.3. The zero-order valence-electron chi connectivity index (χ0n) is 10.5. The van der Waals surface area contributed by atoms with Gasteiger partial charge in [-0.2, -0.15) is 4.98 Å². The topological polar surface area (TPSA) is 135 Å². The van der Waals surface area contributed by atoms with E-state index in [2.05, 4.69) is 35.4 Å². The Hall–Kier alpha value is -3.30. The van der Waals surface area contributed by atoms with Crippen LogP contribution in [0.3, 0.4) is 0 Å². The fourth-order valence-corrected chi connectivity index (χ4v) is 1.93. The van der Waals surface area contributed by atoms with Crippen LogP contribution in [0.1, 0.15) is 5.89 Å². The van der Waals surface area contributed by atoms with Gasteiger partial charge in [0.05, 0.1) is 5.52 Å². The van der Waals surface area contributed by atoms with Crippen LogP contribution >= 0.6 is 0 Å². The number of aromatic nitrogens is 7. The Balaban J connectivity index is 1.66. The molecule has 0 aliphatic rings. The van der Waals surface area contributed by atoms with Crippen LogP contribution in [0.25, 0.3) is 22.6 Å². The van der Waals surface area contributed by atoms with E-state index in [0.29, 0.717) is 12.4 Å². The molecule has 0 atom stereocenters. The third kappa shape index (κ3) is 1.89. The van der Waals surface area contributed by atoms with Gasteiger partial charge < -0.3 is 10.3 Å². The molecule has 0 amide bonds. The van der Waals surface area contributed by atoms with E-state index in [9.17, 15) is 0 Å². The van der Waals surface area contributed by atoms with Gasteiger partial charge in [0.25, 0.3) is 0 Å². The molecular weight excluding hydrogens is 276 g/mol. The summed E-state index contributed by atoms with van der Waals surface area (Å²) in [4.78, 5) is 4.19. The third-order valence-electron chi connectivity index (χ3n) is 2.90. The van der Waals surface area contributed by atoms with E-state index in [-0.39, 0.29) is 17.3 Å². The third-order valence-corrected chi connectivity index (χ3v) is 2.90. The van der Waals surface area contributed by atoms with Gasteiger partial charge in [-0.25, -0.2) is 9.31 Å². The lowest BCUT2D eigenvalue weighted by atomic mass is 10.3. The molecule has 0 aliphatic carbocycles. The molecule has 0 spiro atoms. The van der Waals surface area contributed by atoms with Crippen LogP contribution in [0, 0.1) is 0 Å². The lowest BCUT2D eigenvalue weighted by molar-refractivity contribution is 0.310. The number of anilines is 1. The fraction of sp³-hybridized carbons (Fsp3) is 0.0909. The van der Waals surface area contributed by atoms with Crippen LogP contribution in [0.4, 0.5) is 5.82 Å². The quantitative estimate of drug-likeness (QED) is 0.570. The van der Waals surface area contributed by atoms with Crippen molar-refractivity contribution in [1.82, 2.24) is 35.4 Å². The molecule has 0 bridgehead atoms. The van der Waals surface area contributed by atoms with E-state index in [4.69, 9.17) is 10.3 Å². The molecule has 0 unspecified atom stereocenters. The molecule has 3 aromatic heterocycles. The molecule has 10 heteroatoms. The standard InChI is InChI=1S/C11H8N8O2/c12-10-9(15-21-16-10)11-13-8(20-17-11)5-19-7-4-2-1-3-6(7)14-18-19/h1-4H,5H2,(H2,12,16). The monoisotopic (exact) mass is 284 g/mol. The van der Waals surface area contributed by atoms with Crippen molar-refractivity contribution in [1.29, 1.82) is 0 Å². The molecule has 0 saturated carbocycles. The lowest BCUT2D eigenvalue weighted by Crippen LogP contribution is -2.02. The second kappa shape index (κ2) is 4.37. The molecule has 10 nitrogen and oxygen atoms in total. The minimum absolute atomic E-state index is 0.105. The molecule has 4 rings (SSSR count). The minimum atomic E-state index is 0.105. The highest BCUT2D eigenvalue weighted by Gasteiger charge is 2.17. The molecular formula is C11H8N8O2. The van der Waals surface area contributed by atoms with Crippen LogP contribution in [0.15, 0.2) is 33.4 Å². The molecule has 21 heavy (non-hydrogen) atoms. The minimum Gasteiger partial charge on any atom is -0.379 e. The van der Waals surface area contributed by atoms with E-state index < -0.39 is 0 Å². The normalized spacial score (nSPS) is 11.2. The number of nitrogen functional groups attached to an aromatic ring is 1. The summed E-state index contributed by atoms with van der Waals surface area (Å²) in [5.41, 5.74) is 7.49. The van der Waals surface area contributed by atoms with Gasteiger partial charge in [0.2, 0.25) is 11.7 Å². The summed E-state index contributed by atoms with van der Waals surface area (Å²) in [6.45, 7) is 0.290. The van der Waals surface area contributed by atoms with Gasteiger partial charge in [-0.1, -0.05) is 22.5 Å². The maximum absolute atomic E-state index is 5.58. The molecule has 104 valence electrons. The predicted octanol–water partition coefficient (Wildman–Crippen LogP) is 0.495. The molecule has 0 saturated heterocycles. The predicted molar refractivity (Wildman–Crippen MR) is 68.6 cm³/mol. The summed E-state index contributed by atoms with van der Waals surface area (Å²) in [5, 5.41) is 19.0. The summed E-state index contributed by atoms with van der Waals surface area (Å²) in [5.74, 6) is 0.671. The average molecular weight is 284 g/mol. The highest BCUT2D eigenvalue weighted by atomic mass is 16.6. The number of hydrogen-bond donors (Lipinski definition) is 1. The number of nitrogens with two attached hydrogens (primary N) is 1. The zero-order valence-corrected chi connectivity index (χ0v) is 10.5. The molecule has 4 aromatic rings. The summed E-state index contributed by atoms with van der Waals surface area (Å²) >= 11 is 0. The van der Waals surface area contributed by atoms with E-state index >= 15 is 0 Å². The van der Waals surface area contributed by atoms with Gasteiger partial charge in [0, 0.05) is 0 Å². The SMILES string of the molecule is Nc1nonc1-c1noc(Cn2nnc3ccccc32)n1. The van der Waals surface area contributed by atoms with Gasteiger partial charge in [-0.15, -0.1) is 5.10 Å². The van der Waals surface area contributed by atoms with Crippen LogP contribution < -0.4 is 5.73 Å². The first-order valence-electron chi connectivity index (χ1n) is 6.00. The number of benzene rings is 1. The van der Waals surface area contributed by atoms with Gasteiger partial charge in [0.15, 0.2) is 11.5 Å². The van der Waals surface area contributed by atoms with Crippen molar-refractivity contribution < 1.29 is 9.15 Å². The van der Waals surface area contributed by atoms with Gasteiger partial charge in [-0.3, -0.25) is 0 Å². The molecule has 0 radical (unpaired) electrons. The summed E-state index contributed by atoms with van der Waals surface area (Å²) in [6, 6.07) is 7.59. The first kappa shape index (κ1) is 11.5. The summed E-state index contributed by atoms with van der Waals surface area (Å²) in [6.07, 6.45) is 0. The van der Waals surface area contributed by atoms with Crippen molar-refractivity contribution in [2.75, 3.05) is 5.73 Å². The van der Waals surface area contributed by atoms with E-state index in [1.807, 2.05) is 24.3 Å². The number of para-hydroxylation sites is 1. The second-order valence-electron chi connectivity index (χ2n) is 4.25. The van der Waals surface area contributed by atoms with E-state index in [1.165, 1.54) is 0 Å². The number of hydrogen-bond acceptors (Lipinski definition) is 9. The van der Waals surface area contributed by atoms with Crippen molar-refractivity contribution in [3.05, 3.63) is 30.2 Å². The number of fused-ring (bicyclic) bond motifs is 1. The van der Waals surface area contributed by atoms with Crippen molar-refractivity contribution in [3.8, 4) is 11.5 Å². The Morgan fingerprint density at radius 1 is 1.14 bits per heavy atom. The molecule has 0 fully saturated rings. The van der Waals surface area contributed by atoms with Crippen LogP contribution in [0.2, 0.25) is 0 Å². The van der Waals surface area contributed by atoms with Gasteiger partial charge in [0.1, 0.15) is 12.1 Å². The van der Waals surface area contributed by atoms with Crippen molar-refractivity contribution in [2.24, 2.45) is 0 Å². The Labute approximate surface area is 116 Å². The fourth-order valence-electron chi connectivity index (χ4n) is 1.93. The molecule has 0 aliphatic heterocycles. The summed E-state index contributed by atoms with van der Waals surface area (Å²) in [7, 11) is 0. The van der Waals surface area contributed by atoms with Crippen molar-refractivity contribution in [2.45, 2.75) is 6.54 Å². The molecule has 3 heterocycles. The van der Waals surface area contributed by atoms with Crippen LogP contribution in [-0.4, -0.2) is 35.4 Å². The van der Waals surface area contributed by atoms with Crippen LogP contribution in [0.5, 0.6) is 0 Å². The van der Waals surface area contributed by atoms with E-state index in [1.54, 1.807) is 4.68 Å². The Bertz CT molecular complexity index is 908. The van der Waals surface area contributed by atoms with Crippen molar-refractivity contribution in [3.63, 3.8) is 0 Å². The largest absolute Gasteiger partial charge is 0.379 e. The van der Waals surface area contributed by atoms with Gasteiger partial charge in [-0.05, 0) is 22.4 Å². The maximum Gasteiger partial charge on any atom is 0.248 e. The van der Waals surface area contributed by atoms with Gasteiger partial charge >= 0.3 is 0 Å². The zero-order chi connectivity index (χ0) is 14.2. The first-order valence-corrected chi connectivity index (χ1v) is 6.00. The Kier molecular flexibility index (Phi) is 2.40. The number of nitrogens with zero attached hydrogens (tertiary/aromatic N) is 7. The maximum atomic E-state index is 5.58. The smallest absolute Gasteiger partial charge is 0.248 e. The summed E-state index contributed by atoms with van der Waals surface area (Å²) < 4.78 is 11.3. The van der Waals surface area contributed by atoms with Crippen LogP contribution in [-0.2, 0) is 6.54 Å². The lowest BCUT2D eigenvalue weighted by Gasteiger charge is -1.96. The second-order valence-corrected chi connectivity index (χ2v) is 4.25. The highest BCUT2D eigenvalue weighted by molar-refractivity contribution is 5.73. The molecule has 1 aromatic carbocycles. The molecule has 2 N–H and O–H groups in total. The Morgan fingerprint density at radius 3 is 2.90 bits per heavy atom. The van der Waals surface area contributed by atoms with Crippen molar-refractivity contribution >= 4 is 16.9 Å². The Morgan fingerprint density at radius 2 is 2.05 bits per heavy atom. The highest BCUT2D eigenvalue weighted by Crippen LogP contribution is 2.19. The van der Waals surface area contributed by atoms with E-state index in [0.717, 1.165) is 11.0 Å².